The Morgan fingerprint density at radius 2 is 1.50 bits per heavy atom. The van der Waals surface area contributed by atoms with E-state index in [1.165, 1.54) is 0 Å². The van der Waals surface area contributed by atoms with Gasteiger partial charge in [-0.1, -0.05) is 0 Å². The SMILES string of the molecule is C#CCCCCC=C(O[Si](C)(C)C)O[Si](C)(C)C. The monoisotopic (exact) mass is 284 g/mol. The van der Waals surface area contributed by atoms with Crippen LogP contribution in [-0.4, -0.2) is 16.6 Å². The molecule has 0 aliphatic carbocycles. The molecule has 0 fully saturated rings. The third kappa shape index (κ3) is 11.8. The van der Waals surface area contributed by atoms with Crippen LogP contribution in [0.4, 0.5) is 0 Å². The standard InChI is InChI=1S/C14H28O2Si2/c1-8-9-10-11-12-13-14(15-17(2,3)4)16-18(5,6)7/h1,13H,9-12H2,2-7H3. The summed E-state index contributed by atoms with van der Waals surface area (Å²) in [4.78, 5) is 0. The van der Waals surface area contributed by atoms with Gasteiger partial charge in [-0.3, -0.25) is 0 Å². The largest absolute Gasteiger partial charge is 0.521 e. The Balaban J connectivity index is 4.37. The van der Waals surface area contributed by atoms with E-state index in [0.717, 1.165) is 31.6 Å². The molecular formula is C14H28O2Si2. The number of rotatable bonds is 8. The van der Waals surface area contributed by atoms with Crippen molar-refractivity contribution in [3.05, 3.63) is 12.0 Å². The third-order valence-electron chi connectivity index (χ3n) is 1.90. The molecule has 0 amide bonds. The van der Waals surface area contributed by atoms with Crippen LogP contribution in [0, 0.1) is 12.3 Å². The Morgan fingerprint density at radius 1 is 1.00 bits per heavy atom. The zero-order chi connectivity index (χ0) is 14.2. The highest BCUT2D eigenvalue weighted by molar-refractivity contribution is 6.71. The Kier molecular flexibility index (Phi) is 7.41. The minimum absolute atomic E-state index is 0.744. The lowest BCUT2D eigenvalue weighted by Gasteiger charge is -2.27. The maximum atomic E-state index is 5.99. The second kappa shape index (κ2) is 7.70. The van der Waals surface area contributed by atoms with Gasteiger partial charge in [0.2, 0.25) is 22.6 Å². The minimum Gasteiger partial charge on any atom is -0.521 e. The second-order valence-corrected chi connectivity index (χ2v) is 15.3. The molecule has 0 saturated heterocycles. The fraction of sp³-hybridized carbons (Fsp3) is 0.714. The quantitative estimate of drug-likeness (QED) is 0.278. The molecule has 104 valence electrons. The Hall–Kier alpha value is -0.666. The maximum absolute atomic E-state index is 5.99. The Labute approximate surface area is 115 Å². The summed E-state index contributed by atoms with van der Waals surface area (Å²) in [5.74, 6) is 3.41. The summed E-state index contributed by atoms with van der Waals surface area (Å²) < 4.78 is 12.0. The molecular weight excluding hydrogens is 256 g/mol. The van der Waals surface area contributed by atoms with E-state index in [4.69, 9.17) is 15.3 Å². The molecule has 0 bridgehead atoms. The van der Waals surface area contributed by atoms with E-state index in [9.17, 15) is 0 Å². The lowest BCUT2D eigenvalue weighted by Crippen LogP contribution is -2.31. The molecule has 0 atom stereocenters. The molecule has 0 aromatic heterocycles. The molecule has 0 aromatic carbocycles. The molecule has 0 radical (unpaired) electrons. The van der Waals surface area contributed by atoms with Crippen molar-refractivity contribution in [3.8, 4) is 12.3 Å². The van der Waals surface area contributed by atoms with Crippen molar-refractivity contribution in [1.82, 2.24) is 0 Å². The van der Waals surface area contributed by atoms with Gasteiger partial charge in [0.1, 0.15) is 0 Å². The predicted octanol–water partition coefficient (Wildman–Crippen LogP) is 4.72. The third-order valence-corrected chi connectivity index (χ3v) is 3.53. The first kappa shape index (κ1) is 17.3. The lowest BCUT2D eigenvalue weighted by molar-refractivity contribution is 0.214. The number of hydrogen-bond donors (Lipinski definition) is 0. The van der Waals surface area contributed by atoms with Gasteiger partial charge in [-0.05, 0) is 64.6 Å². The van der Waals surface area contributed by atoms with Crippen LogP contribution in [0.2, 0.25) is 39.3 Å². The van der Waals surface area contributed by atoms with Crippen LogP contribution in [0.5, 0.6) is 0 Å². The molecule has 0 aliphatic heterocycles. The van der Waals surface area contributed by atoms with E-state index in [1.807, 2.05) is 0 Å². The van der Waals surface area contributed by atoms with Gasteiger partial charge in [0.15, 0.2) is 0 Å². The van der Waals surface area contributed by atoms with E-state index in [2.05, 4.69) is 51.3 Å². The zero-order valence-electron chi connectivity index (χ0n) is 12.8. The molecule has 0 aliphatic rings. The second-order valence-electron chi connectivity index (χ2n) is 6.40. The molecule has 0 spiro atoms. The molecule has 0 rings (SSSR count). The van der Waals surface area contributed by atoms with E-state index < -0.39 is 16.6 Å². The van der Waals surface area contributed by atoms with Gasteiger partial charge < -0.3 is 8.85 Å². The topological polar surface area (TPSA) is 18.5 Å². The van der Waals surface area contributed by atoms with Crippen LogP contribution in [-0.2, 0) is 8.85 Å². The first-order valence-electron chi connectivity index (χ1n) is 6.66. The van der Waals surface area contributed by atoms with Crippen molar-refractivity contribution in [3.63, 3.8) is 0 Å². The number of terminal acetylenes is 1. The van der Waals surface area contributed by atoms with Gasteiger partial charge >= 0.3 is 0 Å². The first-order chi connectivity index (χ1) is 8.14. The smallest absolute Gasteiger partial charge is 0.247 e. The van der Waals surface area contributed by atoms with Gasteiger partial charge in [-0.25, -0.2) is 0 Å². The molecule has 0 unspecified atom stereocenters. The summed E-state index contributed by atoms with van der Waals surface area (Å²) in [5.41, 5.74) is 0. The highest BCUT2D eigenvalue weighted by Gasteiger charge is 2.23. The van der Waals surface area contributed by atoms with E-state index >= 15 is 0 Å². The van der Waals surface area contributed by atoms with Crippen molar-refractivity contribution >= 4 is 16.6 Å². The molecule has 0 aromatic rings. The summed E-state index contributed by atoms with van der Waals surface area (Å²) in [5, 5.41) is 0. The van der Waals surface area contributed by atoms with Crippen molar-refractivity contribution in [2.45, 2.75) is 65.0 Å². The van der Waals surface area contributed by atoms with Crippen molar-refractivity contribution in [2.75, 3.05) is 0 Å². The summed E-state index contributed by atoms with van der Waals surface area (Å²) in [6.45, 7) is 13.0. The fourth-order valence-electron chi connectivity index (χ4n) is 1.30. The first-order valence-corrected chi connectivity index (χ1v) is 13.5. The van der Waals surface area contributed by atoms with E-state index in [0.29, 0.717) is 0 Å². The van der Waals surface area contributed by atoms with Gasteiger partial charge in [-0.15, -0.1) is 12.3 Å². The number of allylic oxidation sites excluding steroid dienone is 1. The Morgan fingerprint density at radius 3 is 1.89 bits per heavy atom. The molecule has 4 heteroatoms. The van der Waals surface area contributed by atoms with Gasteiger partial charge in [0.25, 0.3) is 0 Å². The summed E-state index contributed by atoms with van der Waals surface area (Å²) in [6.07, 6.45) is 11.3. The van der Waals surface area contributed by atoms with Gasteiger partial charge in [-0.2, -0.15) is 0 Å². The number of hydrogen-bond acceptors (Lipinski definition) is 2. The maximum Gasteiger partial charge on any atom is 0.247 e. The van der Waals surface area contributed by atoms with Crippen LogP contribution >= 0.6 is 0 Å². The molecule has 0 N–H and O–H groups in total. The highest BCUT2D eigenvalue weighted by atomic mass is 28.4. The summed E-state index contributed by atoms with van der Waals surface area (Å²) in [6, 6.07) is 0. The predicted molar refractivity (Wildman–Crippen MR) is 84.2 cm³/mol. The minimum atomic E-state index is -1.60. The highest BCUT2D eigenvalue weighted by Crippen LogP contribution is 2.18. The lowest BCUT2D eigenvalue weighted by atomic mass is 10.2. The number of unbranched alkanes of at least 4 members (excludes halogenated alkanes) is 3. The summed E-state index contributed by atoms with van der Waals surface area (Å²) in [7, 11) is -3.20. The van der Waals surface area contributed by atoms with Crippen LogP contribution in [0.1, 0.15) is 25.7 Å². The normalized spacial score (nSPS) is 11.6. The summed E-state index contributed by atoms with van der Waals surface area (Å²) >= 11 is 0. The molecule has 0 heterocycles. The van der Waals surface area contributed by atoms with Crippen molar-refractivity contribution in [2.24, 2.45) is 0 Å². The van der Waals surface area contributed by atoms with Crippen molar-refractivity contribution in [1.29, 1.82) is 0 Å². The average molecular weight is 285 g/mol. The van der Waals surface area contributed by atoms with Crippen LogP contribution in [0.25, 0.3) is 0 Å². The van der Waals surface area contributed by atoms with Crippen LogP contribution in [0.15, 0.2) is 12.0 Å². The Bertz CT molecular complexity index is 285. The van der Waals surface area contributed by atoms with Gasteiger partial charge in [0, 0.05) is 6.42 Å². The zero-order valence-corrected chi connectivity index (χ0v) is 14.8. The van der Waals surface area contributed by atoms with E-state index in [1.54, 1.807) is 0 Å². The van der Waals surface area contributed by atoms with Gasteiger partial charge in [0.05, 0.1) is 0 Å². The van der Waals surface area contributed by atoms with Crippen LogP contribution < -0.4 is 0 Å². The molecule has 18 heavy (non-hydrogen) atoms. The molecule has 0 saturated carbocycles. The molecule has 2 nitrogen and oxygen atoms in total. The average Bonchev–Trinajstić information content (AvgIpc) is 2.12. The fourth-order valence-corrected chi connectivity index (χ4v) is 2.84. The van der Waals surface area contributed by atoms with Crippen molar-refractivity contribution < 1.29 is 8.85 Å². The van der Waals surface area contributed by atoms with Crippen LogP contribution in [0.3, 0.4) is 0 Å². The van der Waals surface area contributed by atoms with E-state index in [-0.39, 0.29) is 0 Å².